The molecule has 0 radical (unpaired) electrons. The third-order valence-electron chi connectivity index (χ3n) is 2.92. The van der Waals surface area contributed by atoms with Crippen LogP contribution in [0.25, 0.3) is 0 Å². The van der Waals surface area contributed by atoms with E-state index in [0.29, 0.717) is 22.1 Å². The molecule has 1 aliphatic heterocycles. The van der Waals surface area contributed by atoms with E-state index in [2.05, 4.69) is 9.36 Å². The van der Waals surface area contributed by atoms with Crippen molar-refractivity contribution in [1.29, 1.82) is 0 Å². The maximum absolute atomic E-state index is 12.0. The molecular weight excluding hydrogens is 238 g/mol. The highest BCUT2D eigenvalue weighted by Crippen LogP contribution is 2.31. The van der Waals surface area contributed by atoms with Crippen molar-refractivity contribution in [3.05, 3.63) is 17.0 Å². The van der Waals surface area contributed by atoms with Crippen LogP contribution in [0, 0.1) is 0 Å². The van der Waals surface area contributed by atoms with Gasteiger partial charge in [0.1, 0.15) is 5.82 Å². The number of hydrogen-bond donors (Lipinski definition) is 1. The molecule has 0 spiro atoms. The summed E-state index contributed by atoms with van der Waals surface area (Å²) in [7, 11) is 0. The number of rotatable bonds is 2. The Hall–Kier alpha value is -1.27. The average molecular weight is 253 g/mol. The normalized spacial score (nSPS) is 20.9. The lowest BCUT2D eigenvalue weighted by Gasteiger charge is -2.17. The van der Waals surface area contributed by atoms with Gasteiger partial charge in [-0.15, -0.1) is 0 Å². The first-order chi connectivity index (χ1) is 7.93. The van der Waals surface area contributed by atoms with E-state index in [4.69, 9.17) is 0 Å². The smallest absolute Gasteiger partial charge is 0.258 e. The quantitative estimate of drug-likeness (QED) is 0.870. The zero-order valence-electron chi connectivity index (χ0n) is 10.3. The average Bonchev–Trinajstić information content (AvgIpc) is 2.81. The van der Waals surface area contributed by atoms with Crippen molar-refractivity contribution in [2.24, 2.45) is 0 Å². The molecule has 1 amide bonds. The highest BCUT2D eigenvalue weighted by Gasteiger charge is 2.36. The van der Waals surface area contributed by atoms with Crippen molar-refractivity contribution in [3.63, 3.8) is 0 Å². The number of aliphatic hydroxyl groups is 1. The first kappa shape index (κ1) is 12.2. The molecule has 1 N–H and O–H groups in total. The van der Waals surface area contributed by atoms with Crippen LogP contribution in [-0.2, 0) is 4.79 Å². The molecule has 1 atom stereocenters. The van der Waals surface area contributed by atoms with Crippen LogP contribution in [-0.4, -0.2) is 26.6 Å². The molecule has 2 rings (SSSR count). The van der Waals surface area contributed by atoms with Crippen molar-refractivity contribution in [1.82, 2.24) is 9.36 Å². The van der Waals surface area contributed by atoms with Gasteiger partial charge in [-0.1, -0.05) is 13.8 Å². The van der Waals surface area contributed by atoms with Gasteiger partial charge >= 0.3 is 0 Å². The lowest BCUT2D eigenvalue weighted by atomic mass is 10.2. The summed E-state index contributed by atoms with van der Waals surface area (Å²) in [4.78, 5) is 17.5. The van der Waals surface area contributed by atoms with Gasteiger partial charge in [0.25, 0.3) is 5.91 Å². The molecule has 0 saturated carbocycles. The highest BCUT2D eigenvalue weighted by atomic mass is 32.1. The Morgan fingerprint density at radius 3 is 2.47 bits per heavy atom. The van der Waals surface area contributed by atoms with E-state index in [1.807, 2.05) is 13.8 Å². The largest absolute Gasteiger partial charge is 0.369 e. The minimum absolute atomic E-state index is 0.193. The van der Waals surface area contributed by atoms with E-state index < -0.39 is 6.23 Å². The Morgan fingerprint density at radius 2 is 2.06 bits per heavy atom. The molecule has 1 aromatic rings. The van der Waals surface area contributed by atoms with Gasteiger partial charge < -0.3 is 5.11 Å². The summed E-state index contributed by atoms with van der Waals surface area (Å²) in [5.41, 5.74) is 1.26. The summed E-state index contributed by atoms with van der Waals surface area (Å²) in [5.74, 6) is 0.721. The Kier molecular flexibility index (Phi) is 3.01. The van der Waals surface area contributed by atoms with E-state index in [9.17, 15) is 9.90 Å². The summed E-state index contributed by atoms with van der Waals surface area (Å²) in [6.07, 6.45) is -0.907. The van der Waals surface area contributed by atoms with Gasteiger partial charge in [0, 0.05) is 23.0 Å². The third-order valence-corrected chi connectivity index (χ3v) is 3.65. The maximum Gasteiger partial charge on any atom is 0.258 e. The number of aliphatic hydroxyl groups excluding tert-OH is 1. The fourth-order valence-electron chi connectivity index (χ4n) is 1.60. The molecular formula is C11H15N3O2S. The molecule has 6 heteroatoms. The number of aromatic nitrogens is 2. The number of carbonyl (C=O) groups excluding carboxylic acids is 1. The summed E-state index contributed by atoms with van der Waals surface area (Å²) >= 11 is 1.14. The lowest BCUT2D eigenvalue weighted by molar-refractivity contribution is -0.115. The van der Waals surface area contributed by atoms with Crippen LogP contribution in [0.4, 0.5) is 5.13 Å². The summed E-state index contributed by atoms with van der Waals surface area (Å²) < 4.78 is 4.19. The van der Waals surface area contributed by atoms with Crippen LogP contribution in [0.1, 0.15) is 39.4 Å². The second-order valence-corrected chi connectivity index (χ2v) is 5.18. The molecule has 0 aliphatic carbocycles. The van der Waals surface area contributed by atoms with Crippen molar-refractivity contribution in [2.45, 2.75) is 39.8 Å². The minimum Gasteiger partial charge on any atom is -0.369 e. The first-order valence-corrected chi connectivity index (χ1v) is 6.23. The third kappa shape index (κ3) is 1.87. The zero-order chi connectivity index (χ0) is 12.7. The minimum atomic E-state index is -0.907. The summed E-state index contributed by atoms with van der Waals surface area (Å²) in [6.45, 7) is 7.44. The Morgan fingerprint density at radius 1 is 1.41 bits per heavy atom. The molecule has 1 aromatic heterocycles. The van der Waals surface area contributed by atoms with Crippen LogP contribution >= 0.6 is 11.5 Å². The van der Waals surface area contributed by atoms with Crippen LogP contribution < -0.4 is 4.90 Å². The fourth-order valence-corrected chi connectivity index (χ4v) is 2.43. The van der Waals surface area contributed by atoms with Crippen molar-refractivity contribution in [3.8, 4) is 0 Å². The molecule has 1 aliphatic rings. The molecule has 17 heavy (non-hydrogen) atoms. The standard InChI is InChI=1S/C11H15N3O2S/c1-5(2)8-12-11(17-13-8)14-9(15)6(3)7(4)10(14)16/h5,9,15H,1-4H3. The van der Waals surface area contributed by atoms with E-state index in [0.717, 1.165) is 11.5 Å². The van der Waals surface area contributed by atoms with Gasteiger partial charge in [-0.05, 0) is 19.4 Å². The zero-order valence-corrected chi connectivity index (χ0v) is 11.1. The molecule has 5 nitrogen and oxygen atoms in total. The van der Waals surface area contributed by atoms with Crippen LogP contribution in [0.5, 0.6) is 0 Å². The highest BCUT2D eigenvalue weighted by molar-refractivity contribution is 7.10. The first-order valence-electron chi connectivity index (χ1n) is 5.46. The van der Waals surface area contributed by atoms with E-state index in [-0.39, 0.29) is 11.8 Å². The van der Waals surface area contributed by atoms with E-state index in [1.165, 1.54) is 4.90 Å². The van der Waals surface area contributed by atoms with Crippen molar-refractivity contribution in [2.75, 3.05) is 4.90 Å². The number of nitrogens with zero attached hydrogens (tertiary/aromatic N) is 3. The van der Waals surface area contributed by atoms with Crippen LogP contribution in [0.3, 0.4) is 0 Å². The Balaban J connectivity index is 2.33. The molecule has 92 valence electrons. The van der Waals surface area contributed by atoms with Crippen LogP contribution in [0.15, 0.2) is 11.1 Å². The second kappa shape index (κ2) is 4.19. The molecule has 1 unspecified atom stereocenters. The maximum atomic E-state index is 12.0. The van der Waals surface area contributed by atoms with Gasteiger partial charge in [0.05, 0.1) is 0 Å². The van der Waals surface area contributed by atoms with E-state index in [1.54, 1.807) is 13.8 Å². The van der Waals surface area contributed by atoms with Gasteiger partial charge in [-0.3, -0.25) is 9.69 Å². The summed E-state index contributed by atoms with van der Waals surface area (Å²) in [5, 5.41) is 10.4. The predicted octanol–water partition coefficient (Wildman–Crippen LogP) is 1.66. The molecule has 0 fully saturated rings. The fraction of sp³-hybridized carbons (Fsp3) is 0.545. The van der Waals surface area contributed by atoms with Crippen molar-refractivity contribution < 1.29 is 9.90 Å². The molecule has 0 bridgehead atoms. The number of amides is 1. The Labute approximate surface area is 104 Å². The predicted molar refractivity (Wildman–Crippen MR) is 65.9 cm³/mol. The summed E-state index contributed by atoms with van der Waals surface area (Å²) in [6, 6.07) is 0. The number of anilines is 1. The molecule has 0 saturated heterocycles. The van der Waals surface area contributed by atoms with Gasteiger partial charge in [-0.2, -0.15) is 4.37 Å². The van der Waals surface area contributed by atoms with Gasteiger partial charge in [0.15, 0.2) is 6.23 Å². The van der Waals surface area contributed by atoms with Gasteiger partial charge in [0.2, 0.25) is 5.13 Å². The topological polar surface area (TPSA) is 66.3 Å². The molecule has 0 aromatic carbocycles. The van der Waals surface area contributed by atoms with Crippen molar-refractivity contribution >= 4 is 22.6 Å². The van der Waals surface area contributed by atoms with Gasteiger partial charge in [-0.25, -0.2) is 4.98 Å². The van der Waals surface area contributed by atoms with Crippen LogP contribution in [0.2, 0.25) is 0 Å². The monoisotopic (exact) mass is 253 g/mol. The second-order valence-electron chi connectivity index (χ2n) is 4.45. The SMILES string of the molecule is CC1=C(C)C(O)N(c2nc(C(C)C)ns2)C1=O. The van der Waals surface area contributed by atoms with E-state index >= 15 is 0 Å². The number of carbonyl (C=O) groups is 1. The number of hydrogen-bond acceptors (Lipinski definition) is 5. The molecule has 2 heterocycles. The Bertz CT molecular complexity index is 493. The lowest BCUT2D eigenvalue weighted by Crippen LogP contribution is -2.35.